The summed E-state index contributed by atoms with van der Waals surface area (Å²) in [6.45, 7) is 5.69. The van der Waals surface area contributed by atoms with Crippen LogP contribution in [0.5, 0.6) is 0 Å². The van der Waals surface area contributed by atoms with Gasteiger partial charge in [-0.25, -0.2) is 4.98 Å². The molecule has 1 aliphatic rings. The largest absolute Gasteiger partial charge is 0.342 e. The third kappa shape index (κ3) is 3.39. The standard InChI is InChI=1S/C21H26N6O2/c1-3-26(4-2)18(28)13-27-11-8-15-12-16(6-7-17(15)27)24-20(29)21(9-5-10-21)19-22-14-23-25-19/h6-8,11-12,14H,3-5,9-10,13H2,1-2H3,(H,24,29)(H,22,23,25). The molecular formula is C21H26N6O2. The van der Waals surface area contributed by atoms with E-state index < -0.39 is 5.41 Å². The topological polar surface area (TPSA) is 95.9 Å². The van der Waals surface area contributed by atoms with Gasteiger partial charge >= 0.3 is 0 Å². The quantitative estimate of drug-likeness (QED) is 0.644. The number of hydrogen-bond donors (Lipinski definition) is 2. The van der Waals surface area contributed by atoms with Crippen LogP contribution < -0.4 is 5.32 Å². The van der Waals surface area contributed by atoms with Crippen LogP contribution in [0, 0.1) is 0 Å². The molecule has 1 fully saturated rings. The Bertz CT molecular complexity index is 1020. The number of nitrogens with zero attached hydrogens (tertiary/aromatic N) is 4. The molecule has 0 radical (unpaired) electrons. The first-order valence-corrected chi connectivity index (χ1v) is 10.1. The Hall–Kier alpha value is -3.16. The van der Waals surface area contributed by atoms with Gasteiger partial charge in [0.1, 0.15) is 24.1 Å². The molecule has 0 bridgehead atoms. The van der Waals surface area contributed by atoms with Crippen LogP contribution in [0.3, 0.4) is 0 Å². The van der Waals surface area contributed by atoms with Gasteiger partial charge in [0.25, 0.3) is 0 Å². The number of aromatic nitrogens is 4. The van der Waals surface area contributed by atoms with Gasteiger partial charge in [-0.05, 0) is 51.0 Å². The van der Waals surface area contributed by atoms with Crippen molar-refractivity contribution >= 4 is 28.4 Å². The SMILES string of the molecule is CCN(CC)C(=O)Cn1ccc2cc(NC(=O)C3(c4ncn[nH]4)CCC3)ccc21. The molecule has 152 valence electrons. The highest BCUT2D eigenvalue weighted by atomic mass is 16.2. The van der Waals surface area contributed by atoms with Crippen molar-refractivity contribution < 1.29 is 9.59 Å². The predicted octanol–water partition coefficient (Wildman–Crippen LogP) is 2.69. The lowest BCUT2D eigenvalue weighted by atomic mass is 9.67. The van der Waals surface area contributed by atoms with E-state index in [1.54, 1.807) is 0 Å². The first kappa shape index (κ1) is 19.2. The molecule has 29 heavy (non-hydrogen) atoms. The van der Waals surface area contributed by atoms with E-state index in [0.717, 1.165) is 35.9 Å². The molecule has 0 aliphatic heterocycles. The van der Waals surface area contributed by atoms with Crippen LogP contribution in [-0.2, 0) is 21.5 Å². The number of benzene rings is 1. The molecule has 4 rings (SSSR count). The van der Waals surface area contributed by atoms with Crippen LogP contribution in [0.15, 0.2) is 36.8 Å². The molecule has 0 atom stereocenters. The van der Waals surface area contributed by atoms with E-state index in [1.165, 1.54) is 6.33 Å². The van der Waals surface area contributed by atoms with Crippen molar-refractivity contribution in [3.63, 3.8) is 0 Å². The molecule has 8 nitrogen and oxygen atoms in total. The first-order valence-electron chi connectivity index (χ1n) is 10.1. The van der Waals surface area contributed by atoms with Crippen LogP contribution in [0.4, 0.5) is 5.69 Å². The maximum absolute atomic E-state index is 13.0. The zero-order valence-electron chi connectivity index (χ0n) is 16.8. The summed E-state index contributed by atoms with van der Waals surface area (Å²) in [5.41, 5.74) is 1.09. The van der Waals surface area contributed by atoms with E-state index in [2.05, 4.69) is 20.5 Å². The Morgan fingerprint density at radius 2 is 2.03 bits per heavy atom. The molecule has 2 heterocycles. The molecule has 0 unspecified atom stereocenters. The summed E-state index contributed by atoms with van der Waals surface area (Å²) in [7, 11) is 0. The second kappa shape index (κ2) is 7.69. The zero-order valence-corrected chi connectivity index (χ0v) is 16.8. The third-order valence-electron chi connectivity index (χ3n) is 5.96. The maximum Gasteiger partial charge on any atom is 0.242 e. The molecular weight excluding hydrogens is 368 g/mol. The average Bonchev–Trinajstić information content (AvgIpc) is 3.33. The van der Waals surface area contributed by atoms with Gasteiger partial charge in [0.2, 0.25) is 11.8 Å². The van der Waals surface area contributed by atoms with Crippen molar-refractivity contribution in [1.29, 1.82) is 0 Å². The minimum Gasteiger partial charge on any atom is -0.342 e. The number of H-pyrrole nitrogens is 1. The number of carbonyl (C=O) groups excluding carboxylic acids is 2. The van der Waals surface area contributed by atoms with E-state index >= 15 is 0 Å². The van der Waals surface area contributed by atoms with Gasteiger partial charge in [0.15, 0.2) is 0 Å². The fraction of sp³-hybridized carbons (Fsp3) is 0.429. The van der Waals surface area contributed by atoms with Crippen LogP contribution >= 0.6 is 0 Å². The minimum atomic E-state index is -0.617. The van der Waals surface area contributed by atoms with Crippen molar-refractivity contribution in [3.8, 4) is 0 Å². The van der Waals surface area contributed by atoms with Crippen molar-refractivity contribution in [2.45, 2.75) is 45.1 Å². The van der Waals surface area contributed by atoms with Crippen molar-refractivity contribution in [2.75, 3.05) is 18.4 Å². The van der Waals surface area contributed by atoms with E-state index in [1.807, 2.05) is 53.8 Å². The fourth-order valence-corrected chi connectivity index (χ4v) is 4.03. The molecule has 8 heteroatoms. The number of rotatable bonds is 7. The molecule has 3 aromatic rings. The monoisotopic (exact) mass is 394 g/mol. The Labute approximate surface area is 169 Å². The van der Waals surface area contributed by atoms with Crippen LogP contribution in [0.1, 0.15) is 38.9 Å². The van der Waals surface area contributed by atoms with Crippen LogP contribution in [-0.4, -0.2) is 49.6 Å². The molecule has 1 aromatic carbocycles. The highest BCUT2D eigenvalue weighted by molar-refractivity contribution is 6.00. The van der Waals surface area contributed by atoms with Crippen molar-refractivity contribution in [1.82, 2.24) is 24.6 Å². The van der Waals surface area contributed by atoms with Gasteiger partial charge in [-0.15, -0.1) is 0 Å². The molecule has 2 aromatic heterocycles. The summed E-state index contributed by atoms with van der Waals surface area (Å²) in [6, 6.07) is 7.74. The second-order valence-electron chi connectivity index (χ2n) is 7.51. The molecule has 1 saturated carbocycles. The number of hydrogen-bond acceptors (Lipinski definition) is 4. The number of amides is 2. The Balaban J connectivity index is 1.52. The highest BCUT2D eigenvalue weighted by Crippen LogP contribution is 2.43. The van der Waals surface area contributed by atoms with Crippen LogP contribution in [0.25, 0.3) is 10.9 Å². The van der Waals surface area contributed by atoms with E-state index in [-0.39, 0.29) is 11.8 Å². The molecule has 2 amide bonds. The summed E-state index contributed by atoms with van der Waals surface area (Å²) >= 11 is 0. The summed E-state index contributed by atoms with van der Waals surface area (Å²) in [5.74, 6) is 0.670. The molecule has 0 saturated heterocycles. The summed E-state index contributed by atoms with van der Waals surface area (Å²) in [4.78, 5) is 31.5. The second-order valence-corrected chi connectivity index (χ2v) is 7.51. The lowest BCUT2D eigenvalue weighted by molar-refractivity contribution is -0.131. The van der Waals surface area contributed by atoms with Crippen molar-refractivity contribution in [3.05, 3.63) is 42.6 Å². The average molecular weight is 394 g/mol. The number of nitrogens with one attached hydrogen (secondary N) is 2. The Kier molecular flexibility index (Phi) is 5.08. The Morgan fingerprint density at radius 1 is 1.24 bits per heavy atom. The maximum atomic E-state index is 13.0. The lowest BCUT2D eigenvalue weighted by Gasteiger charge is -2.37. The fourth-order valence-electron chi connectivity index (χ4n) is 4.03. The van der Waals surface area contributed by atoms with Gasteiger partial charge in [0, 0.05) is 35.9 Å². The third-order valence-corrected chi connectivity index (χ3v) is 5.96. The highest BCUT2D eigenvalue weighted by Gasteiger charge is 2.48. The number of anilines is 1. The first-order chi connectivity index (χ1) is 14.1. The summed E-state index contributed by atoms with van der Waals surface area (Å²) in [5, 5.41) is 10.8. The smallest absolute Gasteiger partial charge is 0.242 e. The van der Waals surface area contributed by atoms with Crippen LogP contribution in [0.2, 0.25) is 0 Å². The van der Waals surface area contributed by atoms with Gasteiger partial charge < -0.3 is 14.8 Å². The summed E-state index contributed by atoms with van der Waals surface area (Å²) < 4.78 is 1.95. The summed E-state index contributed by atoms with van der Waals surface area (Å²) in [6.07, 6.45) is 5.88. The Morgan fingerprint density at radius 3 is 2.66 bits per heavy atom. The molecule has 1 aliphatic carbocycles. The zero-order chi connectivity index (χ0) is 20.4. The molecule has 0 spiro atoms. The lowest BCUT2D eigenvalue weighted by Crippen LogP contribution is -2.46. The van der Waals surface area contributed by atoms with E-state index in [4.69, 9.17) is 0 Å². The number of aromatic amines is 1. The van der Waals surface area contributed by atoms with E-state index in [9.17, 15) is 9.59 Å². The number of likely N-dealkylation sites (N-methyl/N-ethyl adjacent to an activating group) is 1. The van der Waals surface area contributed by atoms with Gasteiger partial charge in [0.05, 0.1) is 0 Å². The molecule has 2 N–H and O–H groups in total. The predicted molar refractivity (Wildman–Crippen MR) is 110 cm³/mol. The normalized spacial score (nSPS) is 15.1. The number of carbonyl (C=O) groups is 2. The van der Waals surface area contributed by atoms with Gasteiger partial charge in [-0.3, -0.25) is 14.7 Å². The van der Waals surface area contributed by atoms with Gasteiger partial charge in [-0.2, -0.15) is 5.10 Å². The minimum absolute atomic E-state index is 0.0593. The van der Waals surface area contributed by atoms with Crippen molar-refractivity contribution in [2.24, 2.45) is 0 Å². The number of fused-ring (bicyclic) bond motifs is 1. The van der Waals surface area contributed by atoms with Gasteiger partial charge in [-0.1, -0.05) is 6.42 Å². The van der Waals surface area contributed by atoms with E-state index in [0.29, 0.717) is 25.5 Å².